The Bertz CT molecular complexity index is 373. The molecule has 0 aliphatic rings. The highest BCUT2D eigenvalue weighted by Gasteiger charge is 2.12. The third-order valence-electron chi connectivity index (χ3n) is 2.92. The van der Waals surface area contributed by atoms with Crippen molar-refractivity contribution in [2.24, 2.45) is 5.73 Å². The first-order valence-corrected chi connectivity index (χ1v) is 7.31. The molecule has 2 unspecified atom stereocenters. The topological polar surface area (TPSA) is 35.2 Å². The van der Waals surface area contributed by atoms with Gasteiger partial charge < -0.3 is 10.5 Å². The zero-order chi connectivity index (χ0) is 13.5. The van der Waals surface area contributed by atoms with Gasteiger partial charge in [-0.2, -0.15) is 11.8 Å². The van der Waals surface area contributed by atoms with E-state index in [9.17, 15) is 4.39 Å². The third kappa shape index (κ3) is 4.50. The molecule has 2 nitrogen and oxygen atoms in total. The third-order valence-corrected chi connectivity index (χ3v) is 4.44. The largest absolute Gasteiger partial charge is 0.494 e. The zero-order valence-corrected chi connectivity index (χ0v) is 12.1. The maximum absolute atomic E-state index is 13.9. The summed E-state index contributed by atoms with van der Waals surface area (Å²) in [6.45, 7) is 4.34. The maximum atomic E-state index is 13.9. The number of nitrogens with two attached hydrogens (primary N) is 1. The van der Waals surface area contributed by atoms with Crippen molar-refractivity contribution in [3.63, 3.8) is 0 Å². The van der Waals surface area contributed by atoms with Crippen LogP contribution in [0.1, 0.15) is 25.8 Å². The van der Waals surface area contributed by atoms with Crippen LogP contribution >= 0.6 is 11.8 Å². The van der Waals surface area contributed by atoms with E-state index in [1.807, 2.05) is 11.8 Å². The molecule has 0 aliphatic carbocycles. The van der Waals surface area contributed by atoms with Gasteiger partial charge in [-0.15, -0.1) is 0 Å². The Labute approximate surface area is 113 Å². The van der Waals surface area contributed by atoms with Gasteiger partial charge in [-0.25, -0.2) is 4.39 Å². The first-order valence-electron chi connectivity index (χ1n) is 6.27. The van der Waals surface area contributed by atoms with Crippen LogP contribution in [0, 0.1) is 5.82 Å². The highest BCUT2D eigenvalue weighted by Crippen LogP contribution is 2.22. The van der Waals surface area contributed by atoms with Crippen molar-refractivity contribution < 1.29 is 9.13 Å². The fourth-order valence-corrected chi connectivity index (χ4v) is 2.55. The lowest BCUT2D eigenvalue weighted by Crippen LogP contribution is -2.27. The van der Waals surface area contributed by atoms with Crippen LogP contribution in [-0.2, 0) is 6.42 Å². The van der Waals surface area contributed by atoms with Crippen molar-refractivity contribution in [2.75, 3.05) is 12.9 Å². The Balaban J connectivity index is 2.56. The molecule has 1 aromatic carbocycles. The van der Waals surface area contributed by atoms with Crippen LogP contribution in [0.5, 0.6) is 5.75 Å². The number of methoxy groups -OCH3 is 1. The molecular weight excluding hydrogens is 249 g/mol. The molecule has 4 heteroatoms. The quantitative estimate of drug-likeness (QED) is 0.827. The number of benzene rings is 1. The molecule has 2 N–H and O–H groups in total. The number of hydrogen-bond acceptors (Lipinski definition) is 3. The van der Waals surface area contributed by atoms with Crippen molar-refractivity contribution >= 4 is 11.8 Å². The Kier molecular flexibility index (Phi) is 6.50. The molecule has 0 spiro atoms. The normalized spacial score (nSPS) is 14.3. The van der Waals surface area contributed by atoms with E-state index in [1.165, 1.54) is 7.11 Å². The van der Waals surface area contributed by atoms with Crippen LogP contribution in [-0.4, -0.2) is 24.2 Å². The minimum absolute atomic E-state index is 0.0226. The summed E-state index contributed by atoms with van der Waals surface area (Å²) in [4.78, 5) is 0. The van der Waals surface area contributed by atoms with Gasteiger partial charge in [0.15, 0.2) is 11.6 Å². The molecule has 0 amide bonds. The lowest BCUT2D eigenvalue weighted by atomic mass is 10.1. The van der Waals surface area contributed by atoms with E-state index < -0.39 is 0 Å². The molecule has 0 fully saturated rings. The number of halogens is 1. The predicted molar refractivity (Wildman–Crippen MR) is 76.8 cm³/mol. The average Bonchev–Trinajstić information content (AvgIpc) is 2.38. The van der Waals surface area contributed by atoms with E-state index in [0.29, 0.717) is 17.2 Å². The summed E-state index contributed by atoms with van der Waals surface area (Å²) in [5.74, 6) is 0.851. The smallest absolute Gasteiger partial charge is 0.168 e. The number of rotatable bonds is 7. The maximum Gasteiger partial charge on any atom is 0.168 e. The van der Waals surface area contributed by atoms with Gasteiger partial charge in [-0.05, 0) is 24.5 Å². The van der Waals surface area contributed by atoms with E-state index in [4.69, 9.17) is 10.5 Å². The van der Waals surface area contributed by atoms with E-state index in [-0.39, 0.29) is 17.6 Å². The van der Waals surface area contributed by atoms with Crippen LogP contribution in [0.2, 0.25) is 0 Å². The molecular formula is C14H22FNOS. The van der Waals surface area contributed by atoms with Crippen molar-refractivity contribution in [3.8, 4) is 5.75 Å². The van der Waals surface area contributed by atoms with Crippen molar-refractivity contribution in [2.45, 2.75) is 38.0 Å². The second-order valence-corrected chi connectivity index (χ2v) is 5.92. The standard InChI is InChI=1S/C14H22FNOS/c1-4-10(2)18-9-12(16)8-11-6-5-7-13(17-3)14(11)15/h5-7,10,12H,4,8-9,16H2,1-3H3. The molecule has 0 saturated carbocycles. The van der Waals surface area contributed by atoms with Gasteiger partial charge in [0.25, 0.3) is 0 Å². The molecule has 2 atom stereocenters. The summed E-state index contributed by atoms with van der Waals surface area (Å²) >= 11 is 1.84. The summed E-state index contributed by atoms with van der Waals surface area (Å²) in [7, 11) is 1.47. The summed E-state index contributed by atoms with van der Waals surface area (Å²) < 4.78 is 18.9. The van der Waals surface area contributed by atoms with Gasteiger partial charge in [0.2, 0.25) is 0 Å². The van der Waals surface area contributed by atoms with Gasteiger partial charge in [0.05, 0.1) is 7.11 Å². The summed E-state index contributed by atoms with van der Waals surface area (Å²) in [5.41, 5.74) is 6.67. The van der Waals surface area contributed by atoms with Gasteiger partial charge in [-0.3, -0.25) is 0 Å². The molecule has 0 saturated heterocycles. The number of ether oxygens (including phenoxy) is 1. The van der Waals surface area contributed by atoms with Crippen molar-refractivity contribution in [1.82, 2.24) is 0 Å². The fraction of sp³-hybridized carbons (Fsp3) is 0.571. The Morgan fingerprint density at radius 3 is 2.78 bits per heavy atom. The second kappa shape index (κ2) is 7.64. The fourth-order valence-electron chi connectivity index (χ4n) is 1.62. The van der Waals surface area contributed by atoms with Gasteiger partial charge in [0, 0.05) is 17.0 Å². The van der Waals surface area contributed by atoms with Crippen LogP contribution in [0.25, 0.3) is 0 Å². The monoisotopic (exact) mass is 271 g/mol. The first-order chi connectivity index (χ1) is 8.58. The summed E-state index contributed by atoms with van der Waals surface area (Å²) in [5, 5.41) is 0.603. The van der Waals surface area contributed by atoms with Gasteiger partial charge in [0.1, 0.15) is 0 Å². The first kappa shape index (κ1) is 15.3. The molecule has 0 aromatic heterocycles. The molecule has 0 aliphatic heterocycles. The highest BCUT2D eigenvalue weighted by atomic mass is 32.2. The molecule has 18 heavy (non-hydrogen) atoms. The Morgan fingerprint density at radius 2 is 2.17 bits per heavy atom. The molecule has 102 valence electrons. The lowest BCUT2D eigenvalue weighted by Gasteiger charge is -2.15. The van der Waals surface area contributed by atoms with E-state index >= 15 is 0 Å². The SMILES string of the molecule is CCC(C)SCC(N)Cc1cccc(OC)c1F. The zero-order valence-electron chi connectivity index (χ0n) is 11.3. The van der Waals surface area contributed by atoms with Crippen LogP contribution in [0.3, 0.4) is 0 Å². The average molecular weight is 271 g/mol. The molecule has 0 bridgehead atoms. The number of thioether (sulfide) groups is 1. The van der Waals surface area contributed by atoms with Crippen molar-refractivity contribution in [3.05, 3.63) is 29.6 Å². The number of hydrogen-bond donors (Lipinski definition) is 1. The lowest BCUT2D eigenvalue weighted by molar-refractivity contribution is 0.383. The highest BCUT2D eigenvalue weighted by molar-refractivity contribution is 7.99. The van der Waals surface area contributed by atoms with Crippen LogP contribution in [0.15, 0.2) is 18.2 Å². The van der Waals surface area contributed by atoms with Crippen LogP contribution in [0.4, 0.5) is 4.39 Å². The molecule has 0 radical (unpaired) electrons. The summed E-state index contributed by atoms with van der Waals surface area (Å²) in [6, 6.07) is 5.17. The van der Waals surface area contributed by atoms with Crippen molar-refractivity contribution in [1.29, 1.82) is 0 Å². The minimum Gasteiger partial charge on any atom is -0.494 e. The predicted octanol–water partition coefficient (Wildman–Crippen LogP) is 3.24. The summed E-state index contributed by atoms with van der Waals surface area (Å²) in [6.07, 6.45) is 1.68. The second-order valence-electron chi connectivity index (χ2n) is 4.45. The minimum atomic E-state index is -0.288. The van der Waals surface area contributed by atoms with E-state index in [1.54, 1.807) is 18.2 Å². The van der Waals surface area contributed by atoms with E-state index in [2.05, 4.69) is 13.8 Å². The van der Waals surface area contributed by atoms with Gasteiger partial charge >= 0.3 is 0 Å². The molecule has 0 heterocycles. The van der Waals surface area contributed by atoms with E-state index in [0.717, 1.165) is 12.2 Å². The molecule has 1 rings (SSSR count). The van der Waals surface area contributed by atoms with Gasteiger partial charge in [-0.1, -0.05) is 26.0 Å². The Morgan fingerprint density at radius 1 is 1.44 bits per heavy atom. The van der Waals surface area contributed by atoms with Crippen LogP contribution < -0.4 is 10.5 Å². The Hall–Kier alpha value is -0.740. The molecule has 1 aromatic rings.